The Bertz CT molecular complexity index is 913. The highest BCUT2D eigenvalue weighted by atomic mass is 16.5. The lowest BCUT2D eigenvalue weighted by molar-refractivity contribution is -0.151. The third kappa shape index (κ3) is 4.87. The lowest BCUT2D eigenvalue weighted by atomic mass is 9.92. The molecule has 9 heteroatoms. The maximum Gasteiger partial charge on any atom is 0.318 e. The molecule has 0 radical (unpaired) electrons. The van der Waals surface area contributed by atoms with Crippen LogP contribution in [0.1, 0.15) is 32.6 Å². The third-order valence-electron chi connectivity index (χ3n) is 6.29. The predicted octanol–water partition coefficient (Wildman–Crippen LogP) is 2.76. The maximum atomic E-state index is 13.0. The van der Waals surface area contributed by atoms with E-state index < -0.39 is 0 Å². The fraction of sp³-hybridized carbons (Fsp3) is 0.565. The molecule has 172 valence electrons. The summed E-state index contributed by atoms with van der Waals surface area (Å²) >= 11 is 0. The average Bonchev–Trinajstić information content (AvgIpc) is 3.34. The molecule has 3 heterocycles. The first-order valence-electron chi connectivity index (χ1n) is 11.3. The first-order valence-corrected chi connectivity index (χ1v) is 11.3. The van der Waals surface area contributed by atoms with E-state index in [2.05, 4.69) is 10.2 Å². The van der Waals surface area contributed by atoms with Crippen molar-refractivity contribution in [3.05, 3.63) is 24.3 Å². The van der Waals surface area contributed by atoms with E-state index in [1.807, 2.05) is 41.0 Å². The standard InChI is InChI=1S/C23H30N4O5/c1-3-31-22(29)18-10-12-26(13-11-18)21(28)17-8-14-27(15-9-17)23-25-24-20(32-23)16-4-6-19(30-2)7-5-16/h4-7,17-18H,3,8-15H2,1-2H3. The van der Waals surface area contributed by atoms with Gasteiger partial charge in [-0.1, -0.05) is 5.10 Å². The van der Waals surface area contributed by atoms with Crippen LogP contribution < -0.4 is 9.64 Å². The summed E-state index contributed by atoms with van der Waals surface area (Å²) in [5.41, 5.74) is 0.834. The molecule has 0 bridgehead atoms. The van der Waals surface area contributed by atoms with Gasteiger partial charge < -0.3 is 23.7 Å². The maximum absolute atomic E-state index is 13.0. The van der Waals surface area contributed by atoms with E-state index in [-0.39, 0.29) is 23.7 Å². The average molecular weight is 443 g/mol. The molecule has 0 unspecified atom stereocenters. The Morgan fingerprint density at radius 2 is 1.66 bits per heavy atom. The Balaban J connectivity index is 1.27. The van der Waals surface area contributed by atoms with E-state index in [4.69, 9.17) is 13.9 Å². The zero-order chi connectivity index (χ0) is 22.5. The molecule has 1 aromatic heterocycles. The van der Waals surface area contributed by atoms with E-state index in [1.165, 1.54) is 0 Å². The van der Waals surface area contributed by atoms with Gasteiger partial charge in [0.25, 0.3) is 0 Å². The van der Waals surface area contributed by atoms with Crippen LogP contribution in [-0.2, 0) is 14.3 Å². The zero-order valence-corrected chi connectivity index (χ0v) is 18.7. The Hall–Kier alpha value is -3.10. The second-order valence-corrected chi connectivity index (χ2v) is 8.23. The van der Waals surface area contributed by atoms with Crippen LogP contribution in [0.25, 0.3) is 11.5 Å². The number of piperidine rings is 2. The summed E-state index contributed by atoms with van der Waals surface area (Å²) in [6.07, 6.45) is 2.85. The number of esters is 1. The summed E-state index contributed by atoms with van der Waals surface area (Å²) in [5, 5.41) is 8.36. The fourth-order valence-corrected chi connectivity index (χ4v) is 4.37. The van der Waals surface area contributed by atoms with Gasteiger partial charge in [-0.3, -0.25) is 9.59 Å². The van der Waals surface area contributed by atoms with Crippen LogP contribution in [0.2, 0.25) is 0 Å². The van der Waals surface area contributed by atoms with Crippen molar-refractivity contribution < 1.29 is 23.5 Å². The molecule has 1 amide bonds. The zero-order valence-electron chi connectivity index (χ0n) is 18.7. The Labute approximate surface area is 187 Å². The highest BCUT2D eigenvalue weighted by Crippen LogP contribution is 2.29. The van der Waals surface area contributed by atoms with E-state index in [1.54, 1.807) is 7.11 Å². The molecule has 0 saturated carbocycles. The molecule has 0 atom stereocenters. The molecule has 9 nitrogen and oxygen atoms in total. The number of aromatic nitrogens is 2. The van der Waals surface area contributed by atoms with Crippen molar-refractivity contribution in [3.63, 3.8) is 0 Å². The first-order chi connectivity index (χ1) is 15.6. The van der Waals surface area contributed by atoms with Crippen molar-refractivity contribution in [2.75, 3.05) is 44.8 Å². The van der Waals surface area contributed by atoms with Crippen molar-refractivity contribution in [2.45, 2.75) is 32.6 Å². The highest BCUT2D eigenvalue weighted by molar-refractivity contribution is 5.80. The number of hydrogen-bond acceptors (Lipinski definition) is 8. The van der Waals surface area contributed by atoms with Gasteiger partial charge in [-0.2, -0.15) is 0 Å². The van der Waals surface area contributed by atoms with Crippen LogP contribution >= 0.6 is 0 Å². The number of rotatable bonds is 6. The van der Waals surface area contributed by atoms with E-state index >= 15 is 0 Å². The van der Waals surface area contributed by atoms with Crippen LogP contribution in [0.15, 0.2) is 28.7 Å². The van der Waals surface area contributed by atoms with Gasteiger partial charge in [-0.15, -0.1) is 5.10 Å². The fourth-order valence-electron chi connectivity index (χ4n) is 4.37. The number of amides is 1. The van der Waals surface area contributed by atoms with Crippen LogP contribution in [0.5, 0.6) is 5.75 Å². The van der Waals surface area contributed by atoms with Crippen molar-refractivity contribution in [1.29, 1.82) is 0 Å². The Kier molecular flexibility index (Phi) is 6.92. The van der Waals surface area contributed by atoms with Crippen LogP contribution in [-0.4, -0.2) is 66.9 Å². The van der Waals surface area contributed by atoms with Gasteiger partial charge in [0.2, 0.25) is 11.8 Å². The van der Waals surface area contributed by atoms with Gasteiger partial charge in [0.1, 0.15) is 5.75 Å². The van der Waals surface area contributed by atoms with Crippen LogP contribution in [0.3, 0.4) is 0 Å². The molecule has 1 aromatic carbocycles. The quantitative estimate of drug-likeness (QED) is 0.630. The monoisotopic (exact) mass is 442 g/mol. The molecule has 2 fully saturated rings. The largest absolute Gasteiger partial charge is 0.497 e. The number of anilines is 1. The van der Waals surface area contributed by atoms with Gasteiger partial charge in [0.15, 0.2) is 0 Å². The summed E-state index contributed by atoms with van der Waals surface area (Å²) in [6, 6.07) is 7.95. The molecular formula is C23H30N4O5. The minimum atomic E-state index is -0.138. The van der Waals surface area contributed by atoms with Gasteiger partial charge in [-0.25, -0.2) is 0 Å². The Morgan fingerprint density at radius 3 is 2.28 bits per heavy atom. The number of hydrogen-bond donors (Lipinski definition) is 0. The van der Waals surface area contributed by atoms with Crippen molar-refractivity contribution in [1.82, 2.24) is 15.1 Å². The minimum absolute atomic E-state index is 0.00521. The molecule has 2 aliphatic heterocycles. The summed E-state index contributed by atoms with van der Waals surface area (Å²) in [7, 11) is 1.62. The third-order valence-corrected chi connectivity index (χ3v) is 6.29. The molecule has 0 aliphatic carbocycles. The van der Waals surface area contributed by atoms with Gasteiger partial charge in [0, 0.05) is 37.7 Å². The normalized spacial score (nSPS) is 17.9. The highest BCUT2D eigenvalue weighted by Gasteiger charge is 2.33. The molecule has 2 aliphatic rings. The molecule has 0 spiro atoms. The van der Waals surface area contributed by atoms with Gasteiger partial charge in [-0.05, 0) is 56.9 Å². The number of benzene rings is 1. The molecular weight excluding hydrogens is 412 g/mol. The topological polar surface area (TPSA) is 98.0 Å². The van der Waals surface area contributed by atoms with E-state index in [0.717, 1.165) is 24.2 Å². The number of likely N-dealkylation sites (tertiary alicyclic amines) is 1. The number of methoxy groups -OCH3 is 1. The Morgan fingerprint density at radius 1 is 1.00 bits per heavy atom. The van der Waals surface area contributed by atoms with Gasteiger partial charge in [0.05, 0.1) is 19.6 Å². The number of carbonyl (C=O) groups excluding carboxylic acids is 2. The number of ether oxygens (including phenoxy) is 2. The summed E-state index contributed by atoms with van der Waals surface area (Å²) in [6.45, 7) is 4.85. The van der Waals surface area contributed by atoms with Crippen molar-refractivity contribution in [2.24, 2.45) is 11.8 Å². The van der Waals surface area contributed by atoms with Crippen molar-refractivity contribution in [3.8, 4) is 17.2 Å². The van der Waals surface area contributed by atoms with Crippen LogP contribution in [0.4, 0.5) is 6.01 Å². The summed E-state index contributed by atoms with van der Waals surface area (Å²) < 4.78 is 16.2. The second-order valence-electron chi connectivity index (χ2n) is 8.23. The van der Waals surface area contributed by atoms with Gasteiger partial charge >= 0.3 is 12.0 Å². The van der Waals surface area contributed by atoms with Crippen molar-refractivity contribution >= 4 is 17.9 Å². The number of carbonyl (C=O) groups is 2. The summed E-state index contributed by atoms with van der Waals surface area (Å²) in [5.74, 6) is 1.20. The smallest absolute Gasteiger partial charge is 0.318 e. The molecule has 32 heavy (non-hydrogen) atoms. The molecule has 0 N–H and O–H groups in total. The molecule has 2 saturated heterocycles. The summed E-state index contributed by atoms with van der Waals surface area (Å²) in [4.78, 5) is 28.8. The molecule has 2 aromatic rings. The molecule has 4 rings (SSSR count). The second kappa shape index (κ2) is 10.0. The first kappa shape index (κ1) is 22.1. The minimum Gasteiger partial charge on any atom is -0.497 e. The SMILES string of the molecule is CCOC(=O)C1CCN(C(=O)C2CCN(c3nnc(-c4ccc(OC)cc4)o3)CC2)CC1. The van der Waals surface area contributed by atoms with E-state index in [0.29, 0.717) is 57.5 Å². The lowest BCUT2D eigenvalue weighted by Crippen LogP contribution is -2.46. The predicted molar refractivity (Wildman–Crippen MR) is 117 cm³/mol. The number of nitrogens with zero attached hydrogens (tertiary/aromatic N) is 4. The van der Waals surface area contributed by atoms with E-state index in [9.17, 15) is 9.59 Å². The van der Waals surface area contributed by atoms with Crippen LogP contribution in [0, 0.1) is 11.8 Å². The lowest BCUT2D eigenvalue weighted by Gasteiger charge is -2.36.